The van der Waals surface area contributed by atoms with Crippen molar-refractivity contribution in [3.05, 3.63) is 36.2 Å². The molecule has 3 rings (SSSR count). The maximum atomic E-state index is 13.7. The van der Waals surface area contributed by atoms with Crippen LogP contribution in [0.15, 0.2) is 30.5 Å². The van der Waals surface area contributed by atoms with Crippen molar-refractivity contribution in [1.82, 2.24) is 20.2 Å². The molecule has 1 aliphatic heterocycles. The highest BCUT2D eigenvalue weighted by molar-refractivity contribution is 5.73. The summed E-state index contributed by atoms with van der Waals surface area (Å²) < 4.78 is 27.5. The van der Waals surface area contributed by atoms with E-state index in [2.05, 4.69) is 15.3 Å². The summed E-state index contributed by atoms with van der Waals surface area (Å²) in [6.45, 7) is 5.24. The largest absolute Gasteiger partial charge is 0.311 e. The predicted molar refractivity (Wildman–Crippen MR) is 81.9 cm³/mol. The number of fused-ring (bicyclic) bond motifs is 1. The Labute approximate surface area is 128 Å². The van der Waals surface area contributed by atoms with Crippen LogP contribution in [0.1, 0.15) is 25.6 Å². The lowest BCUT2D eigenvalue weighted by molar-refractivity contribution is -0.0131. The van der Waals surface area contributed by atoms with Gasteiger partial charge in [0.15, 0.2) is 0 Å². The van der Waals surface area contributed by atoms with Crippen molar-refractivity contribution in [3.63, 3.8) is 0 Å². The average Bonchev–Trinajstić information content (AvgIpc) is 2.50. The van der Waals surface area contributed by atoms with Gasteiger partial charge in [0, 0.05) is 25.2 Å². The van der Waals surface area contributed by atoms with Gasteiger partial charge in [-0.1, -0.05) is 12.1 Å². The first-order valence-corrected chi connectivity index (χ1v) is 7.55. The number of nitrogens with one attached hydrogen (secondary N) is 1. The Morgan fingerprint density at radius 3 is 2.68 bits per heavy atom. The molecule has 3 atom stereocenters. The van der Waals surface area contributed by atoms with E-state index in [4.69, 9.17) is 0 Å². The molecule has 1 unspecified atom stereocenters. The standard InChI is InChI=1S/C16H20F2N4/c1-10-9-22(11(2)7-19-10)15(16(17)18)14-8-20-12-5-3-4-6-13(12)21-14/h3-6,8,10-11,15-16,19H,7,9H2,1-2H3/t10-,11+,15?/m0/s1. The minimum Gasteiger partial charge on any atom is -0.311 e. The zero-order valence-electron chi connectivity index (χ0n) is 12.7. The minimum atomic E-state index is -2.50. The lowest BCUT2D eigenvalue weighted by atomic mass is 10.1. The summed E-state index contributed by atoms with van der Waals surface area (Å²) in [6, 6.07) is 6.54. The van der Waals surface area contributed by atoms with Gasteiger partial charge in [0.25, 0.3) is 6.43 Å². The van der Waals surface area contributed by atoms with Gasteiger partial charge < -0.3 is 5.32 Å². The average molecular weight is 306 g/mol. The monoisotopic (exact) mass is 306 g/mol. The number of hydrogen-bond donors (Lipinski definition) is 1. The van der Waals surface area contributed by atoms with E-state index in [9.17, 15) is 8.78 Å². The highest BCUT2D eigenvalue weighted by Crippen LogP contribution is 2.30. The van der Waals surface area contributed by atoms with E-state index < -0.39 is 12.5 Å². The quantitative estimate of drug-likeness (QED) is 0.946. The van der Waals surface area contributed by atoms with Crippen LogP contribution < -0.4 is 5.32 Å². The van der Waals surface area contributed by atoms with Crippen LogP contribution in [0.25, 0.3) is 11.0 Å². The molecule has 0 aliphatic carbocycles. The van der Waals surface area contributed by atoms with Crippen molar-refractivity contribution in [2.75, 3.05) is 13.1 Å². The van der Waals surface area contributed by atoms with Crippen LogP contribution in [0.5, 0.6) is 0 Å². The van der Waals surface area contributed by atoms with Crippen LogP contribution in [-0.2, 0) is 0 Å². The second-order valence-corrected chi connectivity index (χ2v) is 5.92. The smallest absolute Gasteiger partial charge is 0.259 e. The molecule has 2 aromatic rings. The number of halogens is 2. The number of nitrogens with zero attached hydrogens (tertiary/aromatic N) is 3. The Morgan fingerprint density at radius 2 is 1.95 bits per heavy atom. The molecule has 0 saturated carbocycles. The number of alkyl halides is 2. The Kier molecular flexibility index (Phi) is 4.31. The van der Waals surface area contributed by atoms with E-state index in [0.29, 0.717) is 24.3 Å². The van der Waals surface area contributed by atoms with Gasteiger partial charge in [-0.2, -0.15) is 0 Å². The molecule has 1 N–H and O–H groups in total. The van der Waals surface area contributed by atoms with Crippen LogP contribution in [0.4, 0.5) is 8.78 Å². The molecule has 6 heteroatoms. The second kappa shape index (κ2) is 6.22. The summed E-state index contributed by atoms with van der Waals surface area (Å²) in [6.07, 6.45) is -1.01. The molecule has 1 aromatic heterocycles. The van der Waals surface area contributed by atoms with Crippen molar-refractivity contribution in [3.8, 4) is 0 Å². The molecule has 0 spiro atoms. The van der Waals surface area contributed by atoms with Crippen molar-refractivity contribution in [2.24, 2.45) is 0 Å². The van der Waals surface area contributed by atoms with Gasteiger partial charge in [-0.15, -0.1) is 0 Å². The zero-order valence-corrected chi connectivity index (χ0v) is 12.7. The molecule has 1 fully saturated rings. The van der Waals surface area contributed by atoms with Crippen LogP contribution in [-0.4, -0.2) is 46.5 Å². The zero-order chi connectivity index (χ0) is 15.7. The van der Waals surface area contributed by atoms with Crippen molar-refractivity contribution >= 4 is 11.0 Å². The van der Waals surface area contributed by atoms with E-state index >= 15 is 0 Å². The van der Waals surface area contributed by atoms with E-state index in [0.717, 1.165) is 5.52 Å². The fourth-order valence-corrected chi connectivity index (χ4v) is 3.00. The van der Waals surface area contributed by atoms with Gasteiger partial charge in [-0.3, -0.25) is 9.88 Å². The van der Waals surface area contributed by atoms with Gasteiger partial charge in [-0.25, -0.2) is 13.8 Å². The summed E-state index contributed by atoms with van der Waals surface area (Å²) in [4.78, 5) is 10.6. The number of benzene rings is 1. The van der Waals surface area contributed by atoms with E-state index in [1.165, 1.54) is 6.20 Å². The molecule has 4 nitrogen and oxygen atoms in total. The maximum Gasteiger partial charge on any atom is 0.259 e. The maximum absolute atomic E-state index is 13.7. The molecule has 1 saturated heterocycles. The van der Waals surface area contributed by atoms with Gasteiger partial charge in [0.1, 0.15) is 6.04 Å². The molecule has 22 heavy (non-hydrogen) atoms. The summed E-state index contributed by atoms with van der Waals surface area (Å²) in [7, 11) is 0. The summed E-state index contributed by atoms with van der Waals surface area (Å²) >= 11 is 0. The van der Waals surface area contributed by atoms with Crippen LogP contribution in [0, 0.1) is 0 Å². The van der Waals surface area contributed by atoms with Crippen LogP contribution in [0.3, 0.4) is 0 Å². The van der Waals surface area contributed by atoms with Gasteiger partial charge >= 0.3 is 0 Å². The topological polar surface area (TPSA) is 41.0 Å². The number of hydrogen-bond acceptors (Lipinski definition) is 4. The fraction of sp³-hybridized carbons (Fsp3) is 0.500. The number of aromatic nitrogens is 2. The van der Waals surface area contributed by atoms with E-state index in [1.807, 2.05) is 36.9 Å². The van der Waals surface area contributed by atoms with Gasteiger partial charge in [0.2, 0.25) is 0 Å². The Morgan fingerprint density at radius 1 is 1.23 bits per heavy atom. The lowest BCUT2D eigenvalue weighted by Crippen LogP contribution is -2.56. The molecule has 1 aromatic carbocycles. The molecule has 0 bridgehead atoms. The first kappa shape index (κ1) is 15.2. The first-order chi connectivity index (χ1) is 10.6. The van der Waals surface area contributed by atoms with E-state index in [-0.39, 0.29) is 12.1 Å². The predicted octanol–water partition coefficient (Wildman–Crippen LogP) is 2.62. The second-order valence-electron chi connectivity index (χ2n) is 5.92. The van der Waals surface area contributed by atoms with Crippen molar-refractivity contribution in [1.29, 1.82) is 0 Å². The molecule has 0 amide bonds. The fourth-order valence-electron chi connectivity index (χ4n) is 3.00. The molecule has 0 radical (unpaired) electrons. The highest BCUT2D eigenvalue weighted by atomic mass is 19.3. The summed E-state index contributed by atoms with van der Waals surface area (Å²) in [5, 5.41) is 3.31. The van der Waals surface area contributed by atoms with E-state index in [1.54, 1.807) is 6.07 Å². The lowest BCUT2D eigenvalue weighted by Gasteiger charge is -2.41. The number of piperazine rings is 1. The van der Waals surface area contributed by atoms with Crippen molar-refractivity contribution in [2.45, 2.75) is 38.4 Å². The molecule has 118 valence electrons. The Hall–Kier alpha value is -1.66. The third-order valence-electron chi connectivity index (χ3n) is 4.18. The highest BCUT2D eigenvalue weighted by Gasteiger charge is 2.36. The van der Waals surface area contributed by atoms with Crippen LogP contribution >= 0.6 is 0 Å². The molecular formula is C16H20F2N4. The Bertz CT molecular complexity index is 649. The number of rotatable bonds is 3. The summed E-state index contributed by atoms with van der Waals surface area (Å²) in [5.41, 5.74) is 1.72. The van der Waals surface area contributed by atoms with Gasteiger partial charge in [0.05, 0.1) is 22.9 Å². The summed E-state index contributed by atoms with van der Waals surface area (Å²) in [5.74, 6) is 0. The van der Waals surface area contributed by atoms with Gasteiger partial charge in [-0.05, 0) is 26.0 Å². The normalized spacial score (nSPS) is 24.8. The SMILES string of the molecule is C[C@@H]1CN[C@@H](C)CN1C(c1cnc2ccccc2n1)C(F)F. The third-order valence-corrected chi connectivity index (χ3v) is 4.18. The Balaban J connectivity index is 1.98. The first-order valence-electron chi connectivity index (χ1n) is 7.55. The van der Waals surface area contributed by atoms with Crippen LogP contribution in [0.2, 0.25) is 0 Å². The minimum absolute atomic E-state index is 0.0310. The number of para-hydroxylation sites is 2. The third kappa shape index (κ3) is 2.94. The molecule has 1 aliphatic rings. The van der Waals surface area contributed by atoms with Crippen molar-refractivity contribution < 1.29 is 8.78 Å². The molecule has 2 heterocycles. The molecular weight excluding hydrogens is 286 g/mol.